The van der Waals surface area contributed by atoms with Gasteiger partial charge < -0.3 is 16.0 Å². The van der Waals surface area contributed by atoms with E-state index in [1.165, 1.54) is 11.8 Å². The number of benzene rings is 3. The van der Waals surface area contributed by atoms with Crippen molar-refractivity contribution in [3.05, 3.63) is 126 Å². The van der Waals surface area contributed by atoms with Crippen LogP contribution in [0.2, 0.25) is 0 Å². The van der Waals surface area contributed by atoms with Crippen molar-refractivity contribution in [2.75, 3.05) is 16.4 Å². The number of pyridine rings is 1. The van der Waals surface area contributed by atoms with Crippen LogP contribution in [0, 0.1) is 6.92 Å². The van der Waals surface area contributed by atoms with Crippen molar-refractivity contribution in [3.63, 3.8) is 0 Å². The van der Waals surface area contributed by atoms with E-state index in [1.54, 1.807) is 73.1 Å². The molecule has 1 heterocycles. The number of hydrogen-bond acceptors (Lipinski definition) is 5. The number of thioether (sulfide) groups is 1. The molecule has 38 heavy (non-hydrogen) atoms. The molecule has 0 saturated carbocycles. The highest BCUT2D eigenvalue weighted by atomic mass is 32.2. The van der Waals surface area contributed by atoms with Crippen LogP contribution in [-0.2, 0) is 9.59 Å². The lowest BCUT2D eigenvalue weighted by Crippen LogP contribution is -2.30. The highest BCUT2D eigenvalue weighted by Gasteiger charge is 2.15. The third kappa shape index (κ3) is 7.91. The molecule has 1 aromatic heterocycles. The molecule has 7 nitrogen and oxygen atoms in total. The third-order valence-electron chi connectivity index (χ3n) is 5.31. The molecule has 8 heteroatoms. The van der Waals surface area contributed by atoms with Gasteiger partial charge in [-0.2, -0.15) is 0 Å². The zero-order valence-electron chi connectivity index (χ0n) is 20.7. The van der Waals surface area contributed by atoms with Crippen molar-refractivity contribution >= 4 is 46.9 Å². The van der Waals surface area contributed by atoms with Crippen molar-refractivity contribution in [3.8, 4) is 0 Å². The fraction of sp³-hybridized carbons (Fsp3) is 0.0667. The molecular formula is C30H26N4O3S. The van der Waals surface area contributed by atoms with Crippen LogP contribution in [-0.4, -0.2) is 28.5 Å². The van der Waals surface area contributed by atoms with Gasteiger partial charge in [0.15, 0.2) is 0 Å². The highest BCUT2D eigenvalue weighted by molar-refractivity contribution is 8.00. The van der Waals surface area contributed by atoms with Crippen LogP contribution in [0.1, 0.15) is 21.5 Å². The van der Waals surface area contributed by atoms with Gasteiger partial charge in [-0.05, 0) is 61.0 Å². The van der Waals surface area contributed by atoms with E-state index in [1.807, 2.05) is 43.3 Å². The predicted molar refractivity (Wildman–Crippen MR) is 152 cm³/mol. The van der Waals surface area contributed by atoms with Crippen molar-refractivity contribution in [1.29, 1.82) is 0 Å². The molecule has 0 saturated heterocycles. The molecule has 0 aliphatic rings. The van der Waals surface area contributed by atoms with Gasteiger partial charge >= 0.3 is 0 Å². The molecule has 190 valence electrons. The molecule has 3 N–H and O–H groups in total. The van der Waals surface area contributed by atoms with Gasteiger partial charge in [-0.25, -0.2) is 0 Å². The summed E-state index contributed by atoms with van der Waals surface area (Å²) in [6.45, 7) is 1.96. The summed E-state index contributed by atoms with van der Waals surface area (Å²) in [6, 6.07) is 27.0. The molecule has 0 atom stereocenters. The van der Waals surface area contributed by atoms with Crippen LogP contribution in [0.5, 0.6) is 0 Å². The molecular weight excluding hydrogens is 496 g/mol. The van der Waals surface area contributed by atoms with E-state index in [4.69, 9.17) is 0 Å². The molecule has 4 aromatic rings. The van der Waals surface area contributed by atoms with Gasteiger partial charge in [-0.3, -0.25) is 19.4 Å². The molecule has 0 bridgehead atoms. The molecule has 0 unspecified atom stereocenters. The van der Waals surface area contributed by atoms with E-state index < -0.39 is 5.91 Å². The van der Waals surface area contributed by atoms with Gasteiger partial charge in [0.05, 0.1) is 5.75 Å². The second kappa shape index (κ2) is 13.0. The number of carbonyl (C=O) groups excluding carboxylic acids is 3. The molecule has 0 radical (unpaired) electrons. The first-order valence-electron chi connectivity index (χ1n) is 11.8. The van der Waals surface area contributed by atoms with E-state index in [9.17, 15) is 14.4 Å². The summed E-state index contributed by atoms with van der Waals surface area (Å²) in [7, 11) is 0. The lowest BCUT2D eigenvalue weighted by atomic mass is 10.1. The van der Waals surface area contributed by atoms with Crippen LogP contribution < -0.4 is 16.0 Å². The number of amides is 3. The summed E-state index contributed by atoms with van der Waals surface area (Å²) in [4.78, 5) is 43.1. The Morgan fingerprint density at radius 3 is 2.34 bits per heavy atom. The van der Waals surface area contributed by atoms with Crippen molar-refractivity contribution in [2.45, 2.75) is 11.8 Å². The smallest absolute Gasteiger partial charge is 0.272 e. The van der Waals surface area contributed by atoms with Crippen LogP contribution >= 0.6 is 11.8 Å². The lowest BCUT2D eigenvalue weighted by molar-refractivity contribution is -0.114. The maximum Gasteiger partial charge on any atom is 0.272 e. The minimum atomic E-state index is -0.464. The van der Waals surface area contributed by atoms with Crippen LogP contribution in [0.15, 0.2) is 114 Å². The summed E-state index contributed by atoms with van der Waals surface area (Å²) in [5.74, 6) is -0.800. The van der Waals surface area contributed by atoms with E-state index in [2.05, 4.69) is 20.9 Å². The summed E-state index contributed by atoms with van der Waals surface area (Å²) < 4.78 is 0. The predicted octanol–water partition coefficient (Wildman–Crippen LogP) is 5.53. The maximum absolute atomic E-state index is 13.3. The number of aryl methyl sites for hydroxylation is 1. The number of anilines is 2. The summed E-state index contributed by atoms with van der Waals surface area (Å²) in [5.41, 5.74) is 3.59. The van der Waals surface area contributed by atoms with Crippen LogP contribution in [0.3, 0.4) is 0 Å². The lowest BCUT2D eigenvalue weighted by Gasteiger charge is -2.12. The first-order valence-corrected chi connectivity index (χ1v) is 12.8. The Morgan fingerprint density at radius 2 is 1.58 bits per heavy atom. The van der Waals surface area contributed by atoms with Gasteiger partial charge in [0.25, 0.3) is 11.8 Å². The van der Waals surface area contributed by atoms with Crippen molar-refractivity contribution in [2.24, 2.45) is 0 Å². The number of aromatic nitrogens is 1. The second-order valence-corrected chi connectivity index (χ2v) is 9.40. The number of nitrogens with one attached hydrogen (secondary N) is 3. The minimum absolute atomic E-state index is 0.110. The van der Waals surface area contributed by atoms with Gasteiger partial charge in [-0.1, -0.05) is 54.1 Å². The Hall–Kier alpha value is -4.69. The van der Waals surface area contributed by atoms with E-state index in [0.29, 0.717) is 16.9 Å². The van der Waals surface area contributed by atoms with Crippen LogP contribution in [0.25, 0.3) is 6.08 Å². The minimum Gasteiger partial charge on any atom is -0.325 e. The first kappa shape index (κ1) is 26.4. The second-order valence-electron chi connectivity index (χ2n) is 8.35. The zero-order valence-corrected chi connectivity index (χ0v) is 21.5. The standard InChI is InChI=1S/C30H26N4O3S/c1-21-7-5-8-22(17-21)18-27(34-29(36)23-9-3-2-4-10-23)30(37)33-25-11-6-12-26(19-25)38-20-28(35)32-24-13-15-31-16-14-24/h2-19H,20H2,1H3,(H,33,37)(H,34,36)(H,31,32,35)/b27-18+. The van der Waals surface area contributed by atoms with Gasteiger partial charge in [0, 0.05) is 34.2 Å². The largest absolute Gasteiger partial charge is 0.325 e. The Balaban J connectivity index is 1.46. The Labute approximate surface area is 225 Å². The van der Waals surface area contributed by atoms with E-state index >= 15 is 0 Å². The molecule has 4 rings (SSSR count). The molecule has 3 aromatic carbocycles. The van der Waals surface area contributed by atoms with Crippen molar-refractivity contribution < 1.29 is 14.4 Å². The monoisotopic (exact) mass is 522 g/mol. The molecule has 3 amide bonds. The normalized spacial score (nSPS) is 10.9. The van der Waals surface area contributed by atoms with Gasteiger partial charge in [0.2, 0.25) is 5.91 Å². The average molecular weight is 523 g/mol. The number of hydrogen-bond donors (Lipinski definition) is 3. The Bertz CT molecular complexity index is 1460. The SMILES string of the molecule is Cc1cccc(/C=C(/NC(=O)c2ccccc2)C(=O)Nc2cccc(SCC(=O)Nc3ccncc3)c2)c1. The fourth-order valence-corrected chi connectivity index (χ4v) is 4.27. The Kier molecular flexibility index (Phi) is 9.04. The quantitative estimate of drug-likeness (QED) is 0.198. The fourth-order valence-electron chi connectivity index (χ4n) is 3.51. The molecule has 0 spiro atoms. The molecule has 0 aliphatic heterocycles. The van der Waals surface area contributed by atoms with Gasteiger partial charge in [0.1, 0.15) is 5.70 Å². The molecule has 0 aliphatic carbocycles. The number of nitrogens with zero attached hydrogens (tertiary/aromatic N) is 1. The highest BCUT2D eigenvalue weighted by Crippen LogP contribution is 2.22. The zero-order chi connectivity index (χ0) is 26.7. The van der Waals surface area contributed by atoms with Gasteiger partial charge in [-0.15, -0.1) is 11.8 Å². The third-order valence-corrected chi connectivity index (χ3v) is 6.30. The number of rotatable bonds is 9. The van der Waals surface area contributed by atoms with Crippen molar-refractivity contribution in [1.82, 2.24) is 10.3 Å². The topological polar surface area (TPSA) is 100 Å². The first-order chi connectivity index (χ1) is 18.5. The summed E-state index contributed by atoms with van der Waals surface area (Å²) in [5, 5.41) is 8.42. The summed E-state index contributed by atoms with van der Waals surface area (Å²) >= 11 is 1.35. The maximum atomic E-state index is 13.3. The summed E-state index contributed by atoms with van der Waals surface area (Å²) in [6.07, 6.45) is 4.86. The molecule has 0 fully saturated rings. The van der Waals surface area contributed by atoms with Crippen LogP contribution in [0.4, 0.5) is 11.4 Å². The van der Waals surface area contributed by atoms with E-state index in [0.717, 1.165) is 16.0 Å². The average Bonchev–Trinajstić information content (AvgIpc) is 2.93. The van der Waals surface area contributed by atoms with E-state index in [-0.39, 0.29) is 23.3 Å². The number of carbonyl (C=O) groups is 3. The Morgan fingerprint density at radius 1 is 0.816 bits per heavy atom.